The summed E-state index contributed by atoms with van der Waals surface area (Å²) in [6, 6.07) is 11.4. The van der Waals surface area contributed by atoms with E-state index in [4.69, 9.17) is 4.42 Å². The van der Waals surface area contributed by atoms with E-state index < -0.39 is 0 Å². The second-order valence-electron chi connectivity index (χ2n) is 5.55. The molecule has 1 atom stereocenters. The van der Waals surface area contributed by atoms with Gasteiger partial charge in [0.05, 0.1) is 6.04 Å². The first kappa shape index (κ1) is 12.7. The van der Waals surface area contributed by atoms with Gasteiger partial charge in [0.1, 0.15) is 11.3 Å². The van der Waals surface area contributed by atoms with Crippen LogP contribution in [0.4, 0.5) is 0 Å². The van der Waals surface area contributed by atoms with Crippen LogP contribution in [0.3, 0.4) is 0 Å². The van der Waals surface area contributed by atoms with Gasteiger partial charge in [-0.1, -0.05) is 24.6 Å². The number of para-hydroxylation sites is 1. The number of hydrogen-bond acceptors (Lipinski definition) is 3. The standard InChI is InChI=1S/C16H22N2O/c1-17-14(11-18(2)13-7-5-8-13)16-10-12-6-3-4-9-15(12)19-16/h3-4,6,9-10,13-14,17H,5,7-8,11H2,1-2H3. The number of nitrogens with zero attached hydrogens (tertiary/aromatic N) is 1. The Kier molecular flexibility index (Phi) is 3.58. The molecule has 2 aromatic rings. The Bertz CT molecular complexity index is 511. The zero-order valence-corrected chi connectivity index (χ0v) is 11.7. The highest BCUT2D eigenvalue weighted by Gasteiger charge is 2.25. The predicted octanol–water partition coefficient (Wildman–Crippen LogP) is 3.18. The van der Waals surface area contributed by atoms with Gasteiger partial charge in [-0.05, 0) is 39.1 Å². The molecule has 1 aromatic carbocycles. The molecule has 1 heterocycles. The lowest BCUT2D eigenvalue weighted by molar-refractivity contribution is 0.142. The molecule has 0 spiro atoms. The van der Waals surface area contributed by atoms with Crippen molar-refractivity contribution in [3.05, 3.63) is 36.1 Å². The molecule has 19 heavy (non-hydrogen) atoms. The third-order valence-corrected chi connectivity index (χ3v) is 4.31. The Morgan fingerprint density at radius 3 is 2.79 bits per heavy atom. The molecule has 1 N–H and O–H groups in total. The highest BCUT2D eigenvalue weighted by atomic mass is 16.3. The topological polar surface area (TPSA) is 28.4 Å². The van der Waals surface area contributed by atoms with Gasteiger partial charge in [-0.2, -0.15) is 0 Å². The molecule has 3 heteroatoms. The van der Waals surface area contributed by atoms with Gasteiger partial charge in [-0.3, -0.25) is 0 Å². The molecule has 1 fully saturated rings. The van der Waals surface area contributed by atoms with E-state index in [0.29, 0.717) is 0 Å². The van der Waals surface area contributed by atoms with Gasteiger partial charge in [-0.15, -0.1) is 0 Å². The lowest BCUT2D eigenvalue weighted by atomic mass is 9.91. The van der Waals surface area contributed by atoms with Crippen LogP contribution in [0.1, 0.15) is 31.1 Å². The second-order valence-corrected chi connectivity index (χ2v) is 5.55. The average Bonchev–Trinajstić information content (AvgIpc) is 2.77. The van der Waals surface area contributed by atoms with E-state index in [1.165, 1.54) is 24.6 Å². The molecule has 0 saturated heterocycles. The van der Waals surface area contributed by atoms with Crippen LogP contribution in [0.5, 0.6) is 0 Å². The van der Waals surface area contributed by atoms with Crippen molar-refractivity contribution in [1.82, 2.24) is 10.2 Å². The summed E-state index contributed by atoms with van der Waals surface area (Å²) in [7, 11) is 4.23. The van der Waals surface area contributed by atoms with Crippen molar-refractivity contribution in [3.63, 3.8) is 0 Å². The SMILES string of the molecule is CNC(CN(C)C1CCC1)c1cc2ccccc2o1. The molecule has 3 nitrogen and oxygen atoms in total. The van der Waals surface area contributed by atoms with Crippen LogP contribution >= 0.6 is 0 Å². The fraction of sp³-hybridized carbons (Fsp3) is 0.500. The molecular weight excluding hydrogens is 236 g/mol. The first-order valence-corrected chi connectivity index (χ1v) is 7.14. The van der Waals surface area contributed by atoms with Crippen molar-refractivity contribution in [1.29, 1.82) is 0 Å². The number of likely N-dealkylation sites (N-methyl/N-ethyl adjacent to an activating group) is 2. The van der Waals surface area contributed by atoms with Crippen LogP contribution in [-0.4, -0.2) is 31.6 Å². The third kappa shape index (κ3) is 2.53. The Morgan fingerprint density at radius 2 is 2.16 bits per heavy atom. The third-order valence-electron chi connectivity index (χ3n) is 4.31. The van der Waals surface area contributed by atoms with Crippen molar-refractivity contribution in [2.75, 3.05) is 20.6 Å². The van der Waals surface area contributed by atoms with Crippen LogP contribution in [-0.2, 0) is 0 Å². The van der Waals surface area contributed by atoms with Crippen molar-refractivity contribution >= 4 is 11.0 Å². The van der Waals surface area contributed by atoms with Crippen molar-refractivity contribution < 1.29 is 4.42 Å². The molecule has 0 amide bonds. The van der Waals surface area contributed by atoms with Crippen molar-refractivity contribution in [2.24, 2.45) is 0 Å². The summed E-state index contributed by atoms with van der Waals surface area (Å²) in [4.78, 5) is 2.46. The Balaban J connectivity index is 1.76. The van der Waals surface area contributed by atoms with E-state index in [-0.39, 0.29) is 6.04 Å². The van der Waals surface area contributed by atoms with Crippen LogP contribution in [0.25, 0.3) is 11.0 Å². The highest BCUT2D eigenvalue weighted by Crippen LogP contribution is 2.27. The van der Waals surface area contributed by atoms with Gasteiger partial charge in [0.15, 0.2) is 0 Å². The zero-order chi connectivity index (χ0) is 13.2. The van der Waals surface area contributed by atoms with Crippen molar-refractivity contribution in [2.45, 2.75) is 31.3 Å². The minimum absolute atomic E-state index is 0.262. The summed E-state index contributed by atoms with van der Waals surface area (Å²) in [6.45, 7) is 1.00. The number of benzene rings is 1. The molecular formula is C16H22N2O. The molecule has 1 saturated carbocycles. The number of hydrogen-bond donors (Lipinski definition) is 1. The quantitative estimate of drug-likeness (QED) is 0.893. The Morgan fingerprint density at radius 1 is 1.37 bits per heavy atom. The van der Waals surface area contributed by atoms with Crippen LogP contribution in [0.2, 0.25) is 0 Å². The summed E-state index contributed by atoms with van der Waals surface area (Å²) in [5.41, 5.74) is 0.976. The number of rotatable bonds is 5. The van der Waals surface area contributed by atoms with E-state index in [0.717, 1.165) is 23.9 Å². The molecule has 0 radical (unpaired) electrons. The molecule has 1 aliphatic rings. The van der Waals surface area contributed by atoms with E-state index in [9.17, 15) is 0 Å². The van der Waals surface area contributed by atoms with Crippen LogP contribution < -0.4 is 5.32 Å². The van der Waals surface area contributed by atoms with Crippen LogP contribution in [0.15, 0.2) is 34.7 Å². The monoisotopic (exact) mass is 258 g/mol. The summed E-state index contributed by atoms with van der Waals surface area (Å²) in [6.07, 6.45) is 4.06. The average molecular weight is 258 g/mol. The maximum absolute atomic E-state index is 5.96. The van der Waals surface area contributed by atoms with Crippen LogP contribution in [0, 0.1) is 0 Å². The largest absolute Gasteiger partial charge is 0.459 e. The fourth-order valence-electron chi connectivity index (χ4n) is 2.76. The minimum Gasteiger partial charge on any atom is -0.459 e. The Labute approximate surface area is 114 Å². The number of fused-ring (bicyclic) bond motifs is 1. The normalized spacial score (nSPS) is 17.8. The molecule has 0 aliphatic heterocycles. The van der Waals surface area contributed by atoms with E-state index >= 15 is 0 Å². The molecule has 102 valence electrons. The van der Waals surface area contributed by atoms with Gasteiger partial charge < -0.3 is 14.6 Å². The summed E-state index contributed by atoms with van der Waals surface area (Å²) in [5, 5.41) is 4.56. The van der Waals surface area contributed by atoms with Gasteiger partial charge >= 0.3 is 0 Å². The summed E-state index contributed by atoms with van der Waals surface area (Å²) in [5.74, 6) is 1.04. The maximum Gasteiger partial charge on any atom is 0.134 e. The fourth-order valence-corrected chi connectivity index (χ4v) is 2.76. The van der Waals surface area contributed by atoms with Gasteiger partial charge in [0.25, 0.3) is 0 Å². The molecule has 3 rings (SSSR count). The smallest absolute Gasteiger partial charge is 0.134 e. The summed E-state index contributed by atoms with van der Waals surface area (Å²) >= 11 is 0. The number of furan rings is 1. The van der Waals surface area contributed by atoms with Crippen molar-refractivity contribution in [3.8, 4) is 0 Å². The van der Waals surface area contributed by atoms with Gasteiger partial charge in [0.2, 0.25) is 0 Å². The first-order valence-electron chi connectivity index (χ1n) is 7.14. The second kappa shape index (κ2) is 5.35. The first-order chi connectivity index (χ1) is 9.28. The predicted molar refractivity (Wildman–Crippen MR) is 78.3 cm³/mol. The lowest BCUT2D eigenvalue weighted by Gasteiger charge is -2.36. The molecule has 1 aliphatic carbocycles. The molecule has 1 aromatic heterocycles. The van der Waals surface area contributed by atoms with E-state index in [1.807, 2.05) is 19.2 Å². The van der Waals surface area contributed by atoms with E-state index in [1.54, 1.807) is 0 Å². The molecule has 1 unspecified atom stereocenters. The number of nitrogens with one attached hydrogen (secondary N) is 1. The van der Waals surface area contributed by atoms with E-state index in [2.05, 4.69) is 35.5 Å². The Hall–Kier alpha value is -1.32. The van der Waals surface area contributed by atoms with Gasteiger partial charge in [-0.25, -0.2) is 0 Å². The van der Waals surface area contributed by atoms with Gasteiger partial charge in [0, 0.05) is 18.0 Å². The zero-order valence-electron chi connectivity index (χ0n) is 11.7. The lowest BCUT2D eigenvalue weighted by Crippen LogP contribution is -2.41. The minimum atomic E-state index is 0.262. The highest BCUT2D eigenvalue weighted by molar-refractivity contribution is 5.77. The maximum atomic E-state index is 5.96. The molecule has 0 bridgehead atoms. The summed E-state index contributed by atoms with van der Waals surface area (Å²) < 4.78 is 5.96.